The maximum absolute atomic E-state index is 12.3. The van der Waals surface area contributed by atoms with E-state index in [0.29, 0.717) is 18.8 Å². The molecule has 0 saturated carbocycles. The Kier molecular flexibility index (Phi) is 8.77. The molecule has 1 saturated heterocycles. The molecule has 1 aromatic rings. The molecule has 1 fully saturated rings. The highest BCUT2D eigenvalue weighted by atomic mass is 35.5. The van der Waals surface area contributed by atoms with E-state index in [1.54, 1.807) is 37.3 Å². The monoisotopic (exact) mass is 386 g/mol. The maximum Gasteiger partial charge on any atom is 0.292 e. The van der Waals surface area contributed by atoms with Crippen LogP contribution >= 0.6 is 12.4 Å². The van der Waals surface area contributed by atoms with Gasteiger partial charge in [0.05, 0.1) is 18.1 Å². The summed E-state index contributed by atoms with van der Waals surface area (Å²) in [5, 5.41) is 17.4. The normalized spacial score (nSPS) is 15.6. The van der Waals surface area contributed by atoms with Gasteiger partial charge in [-0.1, -0.05) is 12.1 Å². The fourth-order valence-electron chi connectivity index (χ4n) is 3.22. The second kappa shape index (κ2) is 10.3. The second-order valence-corrected chi connectivity index (χ2v) is 6.56. The zero-order chi connectivity index (χ0) is 18.3. The minimum absolute atomic E-state index is 0. The van der Waals surface area contributed by atoms with Crippen molar-refractivity contribution in [3.8, 4) is 0 Å². The van der Waals surface area contributed by atoms with Crippen LogP contribution in [0, 0.1) is 15.5 Å². The lowest BCUT2D eigenvalue weighted by molar-refractivity contribution is -0.384. The number of benzene rings is 1. The van der Waals surface area contributed by atoms with Crippen LogP contribution in [0.15, 0.2) is 24.3 Å². The number of rotatable bonds is 8. The SMILES string of the molecule is COCC1(CNC(=O)CN(C)c2ccccc2[N+](=O)[O-])CCNCC1.Cl. The van der Waals surface area contributed by atoms with Gasteiger partial charge in [-0.05, 0) is 32.0 Å². The summed E-state index contributed by atoms with van der Waals surface area (Å²) in [6.07, 6.45) is 1.89. The molecule has 9 heteroatoms. The molecule has 1 aliphatic rings. The Balaban J connectivity index is 0.00000338. The van der Waals surface area contributed by atoms with Crippen molar-refractivity contribution in [1.82, 2.24) is 10.6 Å². The van der Waals surface area contributed by atoms with E-state index in [0.717, 1.165) is 25.9 Å². The van der Waals surface area contributed by atoms with Crippen molar-refractivity contribution in [1.29, 1.82) is 0 Å². The molecule has 1 aliphatic heterocycles. The lowest BCUT2D eigenvalue weighted by atomic mass is 9.79. The first kappa shape index (κ1) is 22.1. The molecular formula is C17H27ClN4O4. The first-order valence-corrected chi connectivity index (χ1v) is 8.38. The highest BCUT2D eigenvalue weighted by Gasteiger charge is 2.32. The van der Waals surface area contributed by atoms with Crippen molar-refractivity contribution < 1.29 is 14.5 Å². The van der Waals surface area contributed by atoms with E-state index >= 15 is 0 Å². The number of para-hydroxylation sites is 2. The largest absolute Gasteiger partial charge is 0.384 e. The Bertz CT molecular complexity index is 603. The summed E-state index contributed by atoms with van der Waals surface area (Å²) in [6.45, 7) is 3.04. The number of nitro benzene ring substituents is 1. The summed E-state index contributed by atoms with van der Waals surface area (Å²) >= 11 is 0. The fourth-order valence-corrected chi connectivity index (χ4v) is 3.22. The zero-order valence-corrected chi connectivity index (χ0v) is 16.0. The summed E-state index contributed by atoms with van der Waals surface area (Å²) in [4.78, 5) is 24.6. The second-order valence-electron chi connectivity index (χ2n) is 6.56. The molecule has 0 aromatic heterocycles. The van der Waals surface area contributed by atoms with E-state index in [1.807, 2.05) is 0 Å². The average molecular weight is 387 g/mol. The molecule has 0 radical (unpaired) electrons. The van der Waals surface area contributed by atoms with Crippen LogP contribution in [0.3, 0.4) is 0 Å². The number of methoxy groups -OCH3 is 1. The number of anilines is 1. The molecule has 2 rings (SSSR count). The number of likely N-dealkylation sites (N-methyl/N-ethyl adjacent to an activating group) is 1. The molecule has 0 bridgehead atoms. The summed E-state index contributed by atoms with van der Waals surface area (Å²) in [5.41, 5.74) is 0.371. The molecule has 0 aliphatic carbocycles. The van der Waals surface area contributed by atoms with E-state index in [1.165, 1.54) is 6.07 Å². The first-order chi connectivity index (χ1) is 12.0. The number of ether oxygens (including phenoxy) is 1. The molecule has 0 unspecified atom stereocenters. The summed E-state index contributed by atoms with van der Waals surface area (Å²) < 4.78 is 5.35. The van der Waals surface area contributed by atoms with Gasteiger partial charge in [0.25, 0.3) is 5.69 Å². The molecule has 1 heterocycles. The molecule has 146 valence electrons. The average Bonchev–Trinajstić information content (AvgIpc) is 2.61. The van der Waals surface area contributed by atoms with Gasteiger partial charge in [-0.25, -0.2) is 0 Å². The minimum Gasteiger partial charge on any atom is -0.384 e. The number of piperidine rings is 1. The summed E-state index contributed by atoms with van der Waals surface area (Å²) in [5.74, 6) is -0.158. The molecule has 1 amide bonds. The number of halogens is 1. The smallest absolute Gasteiger partial charge is 0.292 e. The molecular weight excluding hydrogens is 360 g/mol. The van der Waals surface area contributed by atoms with E-state index in [2.05, 4.69) is 10.6 Å². The Morgan fingerprint density at radius 1 is 1.38 bits per heavy atom. The molecule has 2 N–H and O–H groups in total. The Morgan fingerprint density at radius 2 is 2.04 bits per heavy atom. The first-order valence-electron chi connectivity index (χ1n) is 8.38. The number of nitrogens with zero attached hydrogens (tertiary/aromatic N) is 2. The zero-order valence-electron chi connectivity index (χ0n) is 15.2. The van der Waals surface area contributed by atoms with Crippen LogP contribution in [-0.2, 0) is 9.53 Å². The molecule has 8 nitrogen and oxygen atoms in total. The third-order valence-corrected chi connectivity index (χ3v) is 4.65. The number of hydrogen-bond donors (Lipinski definition) is 2. The topological polar surface area (TPSA) is 96.7 Å². The summed E-state index contributed by atoms with van der Waals surface area (Å²) in [7, 11) is 3.35. The van der Waals surface area contributed by atoms with E-state index in [-0.39, 0.29) is 36.0 Å². The third kappa shape index (κ3) is 5.82. The van der Waals surface area contributed by atoms with Gasteiger partial charge < -0.3 is 20.3 Å². The van der Waals surface area contributed by atoms with Crippen molar-refractivity contribution in [3.05, 3.63) is 34.4 Å². The maximum atomic E-state index is 12.3. The molecule has 1 aromatic carbocycles. The number of nitro groups is 1. The van der Waals surface area contributed by atoms with Gasteiger partial charge in [-0.2, -0.15) is 0 Å². The molecule has 26 heavy (non-hydrogen) atoms. The highest BCUT2D eigenvalue weighted by Crippen LogP contribution is 2.28. The lowest BCUT2D eigenvalue weighted by Gasteiger charge is -2.37. The lowest BCUT2D eigenvalue weighted by Crippen LogP contribution is -2.48. The van der Waals surface area contributed by atoms with E-state index < -0.39 is 4.92 Å². The number of hydrogen-bond acceptors (Lipinski definition) is 6. The number of nitrogens with one attached hydrogen (secondary N) is 2. The van der Waals surface area contributed by atoms with Crippen molar-refractivity contribution >= 4 is 29.7 Å². The van der Waals surface area contributed by atoms with E-state index in [4.69, 9.17) is 4.74 Å². The number of carbonyl (C=O) groups excluding carboxylic acids is 1. The van der Waals surface area contributed by atoms with Gasteiger partial charge in [0.1, 0.15) is 5.69 Å². The number of carbonyl (C=O) groups is 1. The number of amides is 1. The van der Waals surface area contributed by atoms with Crippen LogP contribution in [0.5, 0.6) is 0 Å². The fraction of sp³-hybridized carbons (Fsp3) is 0.588. The van der Waals surface area contributed by atoms with Crippen molar-refractivity contribution in [2.24, 2.45) is 5.41 Å². The Hall–Kier alpha value is -1.90. The standard InChI is InChI=1S/C17H26N4O4.ClH/c1-20(14-5-3-4-6-15(14)21(23)24)11-16(22)19-12-17(13-25-2)7-9-18-10-8-17;/h3-6,18H,7-13H2,1-2H3,(H,19,22);1H. The van der Waals surface area contributed by atoms with Crippen LogP contribution in [-0.4, -0.2) is 57.8 Å². The van der Waals surface area contributed by atoms with Crippen LogP contribution in [0.25, 0.3) is 0 Å². The van der Waals surface area contributed by atoms with Crippen LogP contribution < -0.4 is 15.5 Å². The predicted molar refractivity (Wildman–Crippen MR) is 103 cm³/mol. The van der Waals surface area contributed by atoms with Crippen molar-refractivity contribution in [2.45, 2.75) is 12.8 Å². The minimum atomic E-state index is -0.438. The van der Waals surface area contributed by atoms with Crippen molar-refractivity contribution in [3.63, 3.8) is 0 Å². The quantitative estimate of drug-likeness (QED) is 0.520. The van der Waals surface area contributed by atoms with Crippen molar-refractivity contribution in [2.75, 3.05) is 51.8 Å². The highest BCUT2D eigenvalue weighted by molar-refractivity contribution is 5.85. The van der Waals surface area contributed by atoms with Gasteiger partial charge in [-0.15, -0.1) is 12.4 Å². The van der Waals surface area contributed by atoms with Crippen LogP contribution in [0.1, 0.15) is 12.8 Å². The van der Waals surface area contributed by atoms with Crippen LogP contribution in [0.4, 0.5) is 11.4 Å². The van der Waals surface area contributed by atoms with Gasteiger partial charge >= 0.3 is 0 Å². The predicted octanol–water partition coefficient (Wildman–Crippen LogP) is 1.59. The third-order valence-electron chi connectivity index (χ3n) is 4.65. The van der Waals surface area contributed by atoms with Crippen LogP contribution in [0.2, 0.25) is 0 Å². The molecule has 0 atom stereocenters. The Morgan fingerprint density at radius 3 is 2.65 bits per heavy atom. The summed E-state index contributed by atoms with van der Waals surface area (Å²) in [6, 6.07) is 6.41. The van der Waals surface area contributed by atoms with Gasteiger partial charge in [-0.3, -0.25) is 14.9 Å². The van der Waals surface area contributed by atoms with Gasteiger partial charge in [0.2, 0.25) is 5.91 Å². The van der Waals surface area contributed by atoms with E-state index in [9.17, 15) is 14.9 Å². The Labute approximate surface area is 159 Å². The molecule has 0 spiro atoms. The van der Waals surface area contributed by atoms with Gasteiger partial charge in [0.15, 0.2) is 0 Å². The van der Waals surface area contributed by atoms with Gasteiger partial charge in [0, 0.05) is 32.2 Å².